The molecule has 7 atom stereocenters. The normalized spacial score (nSPS) is 31.0. The van der Waals surface area contributed by atoms with Crippen molar-refractivity contribution in [3.8, 4) is 0 Å². The minimum absolute atomic E-state index is 0.00808. The van der Waals surface area contributed by atoms with Crippen LogP contribution in [0.3, 0.4) is 0 Å². The van der Waals surface area contributed by atoms with Crippen molar-refractivity contribution in [1.29, 1.82) is 0 Å². The van der Waals surface area contributed by atoms with Crippen molar-refractivity contribution in [2.45, 2.75) is 96.0 Å². The second kappa shape index (κ2) is 15.9. The average molecular weight is 739 g/mol. The van der Waals surface area contributed by atoms with Gasteiger partial charge in [-0.25, -0.2) is 4.79 Å². The van der Waals surface area contributed by atoms with E-state index in [-0.39, 0.29) is 36.7 Å². The van der Waals surface area contributed by atoms with Crippen LogP contribution in [0.1, 0.15) is 74.0 Å². The van der Waals surface area contributed by atoms with E-state index in [9.17, 15) is 34.5 Å². The summed E-state index contributed by atoms with van der Waals surface area (Å²) in [6.45, 7) is 6.05. The molecule has 0 radical (unpaired) electrons. The number of aliphatic hydroxyl groups is 3. The fourth-order valence-corrected chi connectivity index (χ4v) is 7.36. The molecule has 5 rings (SSSR count). The number of esters is 1. The van der Waals surface area contributed by atoms with Crippen molar-refractivity contribution in [3.05, 3.63) is 87.5 Å². The second-order valence-corrected chi connectivity index (χ2v) is 14.7. The number of nitrogens with one attached hydrogen (secondary N) is 1. The molecule has 280 valence electrons. The first kappa shape index (κ1) is 39.1. The van der Waals surface area contributed by atoms with Gasteiger partial charge in [0.1, 0.15) is 17.8 Å². The van der Waals surface area contributed by atoms with Gasteiger partial charge in [-0.15, -0.1) is 0 Å². The summed E-state index contributed by atoms with van der Waals surface area (Å²) in [5, 5.41) is 34.8. The van der Waals surface area contributed by atoms with E-state index < -0.39 is 66.1 Å². The number of allylic oxidation sites excluding steroid dienone is 3. The SMILES string of the molecule is CC(=O)c1ccc(CCC(=O)O[C@H]2CC(=O)N(C)c3cc(cc(CO)c3Cl)C/C(C)=C/C=C/[C@@H](CO)[C@@]3(O)C[C@H](OC(=O)N3)[C@@H](C)[C@@H]3O[C@@]23C)cc1. The first-order chi connectivity index (χ1) is 24.6. The lowest BCUT2D eigenvalue weighted by atomic mass is 9.81. The van der Waals surface area contributed by atoms with Crippen LogP contribution >= 0.6 is 11.6 Å². The van der Waals surface area contributed by atoms with E-state index in [1.165, 1.54) is 11.8 Å². The summed E-state index contributed by atoms with van der Waals surface area (Å²) in [7, 11) is 1.56. The van der Waals surface area contributed by atoms with E-state index in [2.05, 4.69) is 5.32 Å². The van der Waals surface area contributed by atoms with Crippen LogP contribution in [0.15, 0.2) is 60.2 Å². The molecule has 2 aromatic rings. The Morgan fingerprint density at radius 3 is 2.52 bits per heavy atom. The average Bonchev–Trinajstić information content (AvgIpc) is 3.80. The molecule has 3 aliphatic rings. The van der Waals surface area contributed by atoms with E-state index in [1.807, 2.05) is 13.0 Å². The van der Waals surface area contributed by atoms with Crippen LogP contribution in [0.2, 0.25) is 5.02 Å². The lowest BCUT2D eigenvalue weighted by Gasteiger charge is -2.42. The Hall–Kier alpha value is -4.07. The topological polar surface area (TPSA) is 175 Å². The summed E-state index contributed by atoms with van der Waals surface area (Å²) in [5.41, 5.74) is 0.827. The van der Waals surface area contributed by atoms with Crippen LogP contribution in [0.5, 0.6) is 0 Å². The minimum Gasteiger partial charge on any atom is -0.459 e. The highest BCUT2D eigenvalue weighted by molar-refractivity contribution is 6.34. The fourth-order valence-electron chi connectivity index (χ4n) is 7.06. The maximum atomic E-state index is 14.0. The zero-order chi connectivity index (χ0) is 38.0. The lowest BCUT2D eigenvalue weighted by molar-refractivity contribution is -0.153. The summed E-state index contributed by atoms with van der Waals surface area (Å²) in [6.07, 6.45) is 2.10. The highest BCUT2D eigenvalue weighted by Gasteiger charge is 2.64. The number of ketones is 1. The smallest absolute Gasteiger partial charge is 0.409 e. The number of anilines is 1. The van der Waals surface area contributed by atoms with E-state index >= 15 is 0 Å². The standard InChI is InChI=1S/C39H47ClN2O10/c1-22-7-6-8-29(21-44)39(49)19-31(50-37(48)41-39)23(2)36-38(4,52-36)32(51-34(47)14-11-25-9-12-27(13-10-25)24(3)45)18-33(46)42(5)30-17-26(15-22)16-28(20-43)35(30)40/h6-10,12-13,16-17,23,29,31-32,36,43-44,49H,11,14-15,18-21H2,1-5H3,(H,41,48)/b8-6+,22-7+/t23-,29+,31+,32+,36+,38+,39+/m1/s1. The van der Waals surface area contributed by atoms with Gasteiger partial charge >= 0.3 is 12.1 Å². The van der Waals surface area contributed by atoms with E-state index in [0.717, 1.165) is 16.7 Å². The zero-order valence-electron chi connectivity index (χ0n) is 30.1. The van der Waals surface area contributed by atoms with Crippen molar-refractivity contribution in [1.82, 2.24) is 5.32 Å². The number of rotatable bonds is 7. The number of ether oxygens (including phenoxy) is 3. The maximum Gasteiger partial charge on any atom is 0.409 e. The highest BCUT2D eigenvalue weighted by atomic mass is 35.5. The molecule has 0 saturated carbocycles. The molecule has 2 fully saturated rings. The molecule has 52 heavy (non-hydrogen) atoms. The van der Waals surface area contributed by atoms with Gasteiger partial charge in [0.05, 0.1) is 36.4 Å². The molecule has 3 heterocycles. The highest BCUT2D eigenvalue weighted by Crippen LogP contribution is 2.49. The van der Waals surface area contributed by atoms with Crippen LogP contribution < -0.4 is 10.2 Å². The zero-order valence-corrected chi connectivity index (χ0v) is 30.8. The second-order valence-electron chi connectivity index (χ2n) is 14.3. The molecule has 4 N–H and O–H groups in total. The number of epoxide rings is 1. The van der Waals surface area contributed by atoms with E-state index in [1.54, 1.807) is 69.4 Å². The van der Waals surface area contributed by atoms with Gasteiger partial charge in [0.25, 0.3) is 0 Å². The van der Waals surface area contributed by atoms with E-state index in [4.69, 9.17) is 25.8 Å². The van der Waals surface area contributed by atoms with Gasteiger partial charge in [0.2, 0.25) is 5.91 Å². The number of alkyl carbamates (subject to hydrolysis) is 1. The number of Topliss-reactive ketones (excluding diaryl/α,β-unsaturated/α-hetero) is 1. The van der Waals surface area contributed by atoms with Gasteiger partial charge in [-0.1, -0.05) is 72.7 Å². The summed E-state index contributed by atoms with van der Waals surface area (Å²) >= 11 is 6.70. The maximum absolute atomic E-state index is 14.0. The van der Waals surface area contributed by atoms with E-state index in [0.29, 0.717) is 29.7 Å². The number of carbonyl (C=O) groups excluding carboxylic acids is 4. The predicted octanol–water partition coefficient (Wildman–Crippen LogP) is 4.58. The Labute approximate surface area is 308 Å². The summed E-state index contributed by atoms with van der Waals surface area (Å²) < 4.78 is 17.9. The Morgan fingerprint density at radius 1 is 1.15 bits per heavy atom. The first-order valence-corrected chi connectivity index (χ1v) is 17.8. The van der Waals surface area contributed by atoms with Crippen LogP contribution in [-0.4, -0.2) is 82.4 Å². The molecule has 4 bridgehead atoms. The Kier molecular flexibility index (Phi) is 12.0. The number of nitrogens with zero attached hydrogens (tertiary/aromatic N) is 1. The Balaban J connectivity index is 1.49. The molecule has 2 saturated heterocycles. The third-order valence-electron chi connectivity index (χ3n) is 10.4. The molecule has 0 unspecified atom stereocenters. The number of hydrogen-bond donors (Lipinski definition) is 4. The molecular weight excluding hydrogens is 692 g/mol. The molecule has 12 nitrogen and oxygen atoms in total. The van der Waals surface area contributed by atoms with Crippen molar-refractivity contribution in [3.63, 3.8) is 0 Å². The predicted molar refractivity (Wildman–Crippen MR) is 193 cm³/mol. The third-order valence-corrected chi connectivity index (χ3v) is 10.8. The monoisotopic (exact) mass is 738 g/mol. The summed E-state index contributed by atoms with van der Waals surface area (Å²) in [5.74, 6) is -2.46. The van der Waals surface area contributed by atoms with Gasteiger partial charge in [-0.05, 0) is 56.4 Å². The molecular formula is C39H47ClN2O10. The Bertz CT molecular complexity index is 1760. The molecule has 0 aromatic heterocycles. The number of carbonyl (C=O) groups is 4. The number of amides is 2. The number of fused-ring (bicyclic) bond motifs is 5. The van der Waals surface area contributed by atoms with Crippen LogP contribution in [0.4, 0.5) is 10.5 Å². The number of aliphatic hydroxyl groups excluding tert-OH is 2. The van der Waals surface area contributed by atoms with Gasteiger partial charge < -0.3 is 34.4 Å². The largest absolute Gasteiger partial charge is 0.459 e. The fraction of sp³-hybridized carbons (Fsp3) is 0.487. The van der Waals surface area contributed by atoms with Gasteiger partial charge in [-0.2, -0.15) is 0 Å². The van der Waals surface area contributed by atoms with Crippen LogP contribution in [0, 0.1) is 11.8 Å². The third kappa shape index (κ3) is 8.58. The number of benzene rings is 2. The van der Waals surface area contributed by atoms with Gasteiger partial charge in [0.15, 0.2) is 11.5 Å². The van der Waals surface area contributed by atoms with Crippen LogP contribution in [0.25, 0.3) is 0 Å². The van der Waals surface area contributed by atoms with Crippen molar-refractivity contribution in [2.75, 3.05) is 18.6 Å². The van der Waals surface area contributed by atoms with Gasteiger partial charge in [0, 0.05) is 37.3 Å². The number of aryl methyl sites for hydroxylation is 1. The molecule has 0 spiro atoms. The quantitative estimate of drug-likeness (QED) is 0.179. The minimum atomic E-state index is -1.84. The molecule has 0 aliphatic carbocycles. The molecule has 2 aromatic carbocycles. The van der Waals surface area contributed by atoms with Crippen molar-refractivity contribution >= 4 is 41.0 Å². The molecule has 13 heteroatoms. The van der Waals surface area contributed by atoms with Crippen molar-refractivity contribution < 1.29 is 48.7 Å². The van der Waals surface area contributed by atoms with Crippen molar-refractivity contribution in [2.24, 2.45) is 11.8 Å². The van der Waals surface area contributed by atoms with Gasteiger partial charge in [-0.3, -0.25) is 19.7 Å². The number of halogens is 1. The first-order valence-electron chi connectivity index (χ1n) is 17.4. The lowest BCUT2D eigenvalue weighted by Crippen LogP contribution is -2.62. The Morgan fingerprint density at radius 2 is 1.87 bits per heavy atom. The van der Waals surface area contributed by atoms with Crippen LogP contribution in [-0.2, 0) is 43.2 Å². The number of hydrogen-bond acceptors (Lipinski definition) is 10. The summed E-state index contributed by atoms with van der Waals surface area (Å²) in [4.78, 5) is 53.2. The summed E-state index contributed by atoms with van der Waals surface area (Å²) in [6, 6.07) is 10.5. The molecule has 3 aliphatic heterocycles. The molecule has 2 amide bonds.